The summed E-state index contributed by atoms with van der Waals surface area (Å²) in [7, 11) is 1.63. The summed E-state index contributed by atoms with van der Waals surface area (Å²) in [5.74, 6) is 0.898. The number of methoxy groups -OCH3 is 1. The van der Waals surface area contributed by atoms with Crippen LogP contribution in [0.5, 0.6) is 0 Å². The molecule has 1 atom stereocenters. The van der Waals surface area contributed by atoms with E-state index >= 15 is 0 Å². The first-order chi connectivity index (χ1) is 9.66. The molecule has 3 rings (SSSR count). The van der Waals surface area contributed by atoms with Gasteiger partial charge in [-0.05, 0) is 24.6 Å². The summed E-state index contributed by atoms with van der Waals surface area (Å²) < 4.78 is 16.7. The van der Waals surface area contributed by atoms with E-state index in [1.165, 1.54) is 0 Å². The molecule has 1 aromatic carbocycles. The van der Waals surface area contributed by atoms with E-state index in [2.05, 4.69) is 10.2 Å². The van der Waals surface area contributed by atoms with Gasteiger partial charge in [-0.25, -0.2) is 0 Å². The summed E-state index contributed by atoms with van der Waals surface area (Å²) in [5.41, 5.74) is 1.12. The molecule has 1 saturated heterocycles. The van der Waals surface area contributed by atoms with E-state index in [4.69, 9.17) is 25.5 Å². The molecule has 0 bridgehead atoms. The van der Waals surface area contributed by atoms with E-state index in [0.717, 1.165) is 11.1 Å². The molecular formula is C14H15ClN2O3. The summed E-state index contributed by atoms with van der Waals surface area (Å²) in [5, 5.41) is 8.91. The molecule has 2 heterocycles. The average Bonchev–Trinajstić information content (AvgIpc) is 3.10. The second-order valence-corrected chi connectivity index (χ2v) is 5.23. The van der Waals surface area contributed by atoms with Gasteiger partial charge in [0.15, 0.2) is 5.60 Å². The van der Waals surface area contributed by atoms with Gasteiger partial charge in [-0.3, -0.25) is 0 Å². The molecule has 1 aliphatic heterocycles. The first-order valence-electron chi connectivity index (χ1n) is 6.39. The SMILES string of the molecule is COC1(c2nnc(-c3cccc(Cl)c3C)o2)CCOC1. The van der Waals surface area contributed by atoms with Crippen LogP contribution in [0.15, 0.2) is 22.6 Å². The predicted molar refractivity (Wildman–Crippen MR) is 73.6 cm³/mol. The van der Waals surface area contributed by atoms with Crippen molar-refractivity contribution in [2.75, 3.05) is 20.3 Å². The van der Waals surface area contributed by atoms with Crippen LogP contribution in [-0.2, 0) is 15.1 Å². The monoisotopic (exact) mass is 294 g/mol. The molecule has 0 aliphatic carbocycles. The Labute approximate surface area is 121 Å². The van der Waals surface area contributed by atoms with Crippen molar-refractivity contribution in [3.8, 4) is 11.5 Å². The summed E-state index contributed by atoms with van der Waals surface area (Å²) in [6.45, 7) is 2.98. The molecule has 20 heavy (non-hydrogen) atoms. The van der Waals surface area contributed by atoms with Crippen molar-refractivity contribution in [1.82, 2.24) is 10.2 Å². The molecule has 1 fully saturated rings. The van der Waals surface area contributed by atoms with Crippen LogP contribution in [0.3, 0.4) is 0 Å². The minimum Gasteiger partial charge on any atom is -0.417 e. The largest absolute Gasteiger partial charge is 0.417 e. The summed E-state index contributed by atoms with van der Waals surface area (Å²) in [6.07, 6.45) is 0.708. The van der Waals surface area contributed by atoms with Gasteiger partial charge in [0.2, 0.25) is 5.89 Å². The van der Waals surface area contributed by atoms with Gasteiger partial charge < -0.3 is 13.9 Å². The minimum absolute atomic E-state index is 0.430. The number of ether oxygens (including phenoxy) is 2. The summed E-state index contributed by atoms with van der Waals surface area (Å²) in [4.78, 5) is 0. The fraction of sp³-hybridized carbons (Fsp3) is 0.429. The van der Waals surface area contributed by atoms with Gasteiger partial charge in [0.1, 0.15) is 0 Å². The Morgan fingerprint density at radius 2 is 2.20 bits per heavy atom. The van der Waals surface area contributed by atoms with Crippen LogP contribution in [0.4, 0.5) is 0 Å². The van der Waals surface area contributed by atoms with Crippen molar-refractivity contribution in [2.24, 2.45) is 0 Å². The van der Waals surface area contributed by atoms with Gasteiger partial charge in [-0.2, -0.15) is 0 Å². The number of hydrogen-bond acceptors (Lipinski definition) is 5. The molecule has 0 radical (unpaired) electrons. The molecule has 1 aliphatic rings. The Morgan fingerprint density at radius 3 is 2.90 bits per heavy atom. The Kier molecular flexibility index (Phi) is 3.50. The van der Waals surface area contributed by atoms with Crippen LogP contribution in [-0.4, -0.2) is 30.5 Å². The van der Waals surface area contributed by atoms with Crippen LogP contribution < -0.4 is 0 Å². The van der Waals surface area contributed by atoms with Crippen molar-refractivity contribution >= 4 is 11.6 Å². The van der Waals surface area contributed by atoms with Crippen LogP contribution in [0.1, 0.15) is 17.9 Å². The lowest BCUT2D eigenvalue weighted by Gasteiger charge is -2.20. The molecule has 1 aromatic heterocycles. The van der Waals surface area contributed by atoms with E-state index < -0.39 is 5.60 Å². The number of halogens is 1. The highest BCUT2D eigenvalue weighted by atomic mass is 35.5. The van der Waals surface area contributed by atoms with Gasteiger partial charge in [0, 0.05) is 24.1 Å². The lowest BCUT2D eigenvalue weighted by molar-refractivity contribution is -0.0407. The van der Waals surface area contributed by atoms with Gasteiger partial charge in [0.25, 0.3) is 5.89 Å². The van der Waals surface area contributed by atoms with Gasteiger partial charge in [0.05, 0.1) is 13.2 Å². The molecular weight excluding hydrogens is 280 g/mol. The fourth-order valence-electron chi connectivity index (χ4n) is 2.32. The predicted octanol–water partition coefficient (Wildman–Crippen LogP) is 2.96. The fourth-order valence-corrected chi connectivity index (χ4v) is 2.49. The Morgan fingerprint density at radius 1 is 1.35 bits per heavy atom. The average molecular weight is 295 g/mol. The number of rotatable bonds is 3. The second kappa shape index (κ2) is 5.16. The van der Waals surface area contributed by atoms with E-state index in [0.29, 0.717) is 36.4 Å². The van der Waals surface area contributed by atoms with Crippen molar-refractivity contribution in [3.05, 3.63) is 34.7 Å². The zero-order valence-corrected chi connectivity index (χ0v) is 12.1. The zero-order chi connectivity index (χ0) is 14.2. The molecule has 0 spiro atoms. The topological polar surface area (TPSA) is 57.4 Å². The molecule has 1 unspecified atom stereocenters. The van der Waals surface area contributed by atoms with E-state index in [-0.39, 0.29) is 0 Å². The van der Waals surface area contributed by atoms with Gasteiger partial charge >= 0.3 is 0 Å². The number of nitrogens with zero attached hydrogens (tertiary/aromatic N) is 2. The van der Waals surface area contributed by atoms with Crippen LogP contribution >= 0.6 is 11.6 Å². The smallest absolute Gasteiger partial charge is 0.251 e. The molecule has 0 saturated carbocycles. The number of aromatic nitrogens is 2. The summed E-state index contributed by atoms with van der Waals surface area (Å²) in [6, 6.07) is 5.60. The first-order valence-corrected chi connectivity index (χ1v) is 6.76. The Bertz CT molecular complexity index is 621. The zero-order valence-electron chi connectivity index (χ0n) is 11.4. The maximum absolute atomic E-state index is 6.12. The molecule has 106 valence electrons. The highest BCUT2D eigenvalue weighted by Gasteiger charge is 2.42. The van der Waals surface area contributed by atoms with Crippen molar-refractivity contribution < 1.29 is 13.9 Å². The van der Waals surface area contributed by atoms with Crippen LogP contribution in [0, 0.1) is 6.92 Å². The van der Waals surface area contributed by atoms with Gasteiger partial charge in [-0.15, -0.1) is 10.2 Å². The number of hydrogen-bond donors (Lipinski definition) is 0. The Hall–Kier alpha value is -1.43. The quantitative estimate of drug-likeness (QED) is 0.871. The van der Waals surface area contributed by atoms with E-state index in [9.17, 15) is 0 Å². The van der Waals surface area contributed by atoms with Crippen molar-refractivity contribution in [2.45, 2.75) is 18.9 Å². The maximum Gasteiger partial charge on any atom is 0.251 e. The first kappa shape index (κ1) is 13.5. The van der Waals surface area contributed by atoms with E-state index in [1.54, 1.807) is 7.11 Å². The molecule has 0 N–H and O–H groups in total. The lowest BCUT2D eigenvalue weighted by atomic mass is 10.0. The van der Waals surface area contributed by atoms with Crippen LogP contribution in [0.2, 0.25) is 5.02 Å². The molecule has 2 aromatic rings. The third-order valence-corrected chi connectivity index (χ3v) is 4.10. The highest BCUT2D eigenvalue weighted by Crippen LogP contribution is 2.35. The standard InChI is InChI=1S/C14H15ClN2O3/c1-9-10(4-3-5-11(9)15)12-16-17-13(20-12)14(18-2)6-7-19-8-14/h3-5H,6-8H2,1-2H3. The Balaban J connectivity index is 2.00. The second-order valence-electron chi connectivity index (χ2n) is 4.83. The third kappa shape index (κ3) is 2.12. The van der Waals surface area contributed by atoms with Crippen molar-refractivity contribution in [3.63, 3.8) is 0 Å². The third-order valence-electron chi connectivity index (χ3n) is 3.69. The normalized spacial score (nSPS) is 22.4. The molecule has 5 nitrogen and oxygen atoms in total. The van der Waals surface area contributed by atoms with Gasteiger partial charge in [-0.1, -0.05) is 17.7 Å². The van der Waals surface area contributed by atoms with Crippen molar-refractivity contribution in [1.29, 1.82) is 0 Å². The molecule has 0 amide bonds. The highest BCUT2D eigenvalue weighted by molar-refractivity contribution is 6.31. The number of benzene rings is 1. The summed E-state index contributed by atoms with van der Waals surface area (Å²) >= 11 is 6.12. The van der Waals surface area contributed by atoms with Crippen LogP contribution in [0.25, 0.3) is 11.5 Å². The van der Waals surface area contributed by atoms with E-state index in [1.807, 2.05) is 25.1 Å². The lowest BCUT2D eigenvalue weighted by Crippen LogP contribution is -2.29. The maximum atomic E-state index is 6.12. The molecule has 6 heteroatoms. The minimum atomic E-state index is -0.627.